The largest absolute Gasteiger partial charge is 0.493 e. The number of fused-ring (bicyclic) bond motifs is 1. The maximum Gasteiger partial charge on any atom is 0.239 e. The third-order valence-electron chi connectivity index (χ3n) is 5.38. The Morgan fingerprint density at radius 1 is 1.12 bits per heavy atom. The number of methoxy groups -OCH3 is 2. The molecule has 0 saturated carbocycles. The van der Waals surface area contributed by atoms with Crippen LogP contribution in [0, 0.1) is 5.92 Å². The van der Waals surface area contributed by atoms with Gasteiger partial charge in [-0.05, 0) is 54.9 Å². The molecular weight excluding hydrogens is 320 g/mol. The zero-order chi connectivity index (χ0) is 17.8. The summed E-state index contributed by atoms with van der Waals surface area (Å²) >= 11 is 0. The smallest absolute Gasteiger partial charge is 0.239 e. The number of hydrogen-bond acceptors (Lipinski definition) is 5. The minimum Gasteiger partial charge on any atom is -0.493 e. The second-order valence-corrected chi connectivity index (χ2v) is 6.78. The average Bonchev–Trinajstić information content (AvgIpc) is 2.88. The van der Waals surface area contributed by atoms with Crippen molar-refractivity contribution in [3.8, 4) is 11.5 Å². The average molecular weight is 348 g/mol. The fourth-order valence-corrected chi connectivity index (χ4v) is 3.76. The van der Waals surface area contributed by atoms with Crippen molar-refractivity contribution in [1.82, 2.24) is 4.90 Å². The quantitative estimate of drug-likeness (QED) is 0.890. The van der Waals surface area contributed by atoms with Gasteiger partial charge >= 0.3 is 0 Å². The predicted octanol–water partition coefficient (Wildman–Crippen LogP) is 1.38. The van der Waals surface area contributed by atoms with Crippen molar-refractivity contribution in [2.24, 2.45) is 11.7 Å². The van der Waals surface area contributed by atoms with Gasteiger partial charge in [-0.25, -0.2) is 0 Å². The molecule has 25 heavy (non-hydrogen) atoms. The first-order chi connectivity index (χ1) is 12.1. The molecule has 1 unspecified atom stereocenters. The zero-order valence-electron chi connectivity index (χ0n) is 15.1. The molecule has 0 radical (unpaired) electrons. The van der Waals surface area contributed by atoms with E-state index in [1.54, 1.807) is 14.2 Å². The lowest BCUT2D eigenvalue weighted by Gasteiger charge is -2.31. The van der Waals surface area contributed by atoms with E-state index in [1.807, 2.05) is 17.0 Å². The Bertz CT molecular complexity index is 579. The first kappa shape index (κ1) is 18.0. The number of nitrogens with zero attached hydrogens (tertiary/aromatic N) is 1. The number of rotatable bonds is 4. The van der Waals surface area contributed by atoms with Gasteiger partial charge in [0, 0.05) is 26.3 Å². The van der Waals surface area contributed by atoms with Gasteiger partial charge in [-0.3, -0.25) is 4.79 Å². The van der Waals surface area contributed by atoms with Gasteiger partial charge in [0.15, 0.2) is 11.5 Å². The molecule has 1 aromatic carbocycles. The van der Waals surface area contributed by atoms with Crippen LogP contribution in [0.2, 0.25) is 0 Å². The molecule has 0 aliphatic carbocycles. The van der Waals surface area contributed by atoms with Crippen LogP contribution in [0.4, 0.5) is 0 Å². The van der Waals surface area contributed by atoms with Crippen LogP contribution in [0.1, 0.15) is 24.0 Å². The van der Waals surface area contributed by atoms with Gasteiger partial charge in [0.25, 0.3) is 0 Å². The van der Waals surface area contributed by atoms with Crippen molar-refractivity contribution in [1.29, 1.82) is 0 Å². The molecule has 1 fully saturated rings. The summed E-state index contributed by atoms with van der Waals surface area (Å²) < 4.78 is 16.2. The van der Waals surface area contributed by atoms with E-state index >= 15 is 0 Å². The lowest BCUT2D eigenvalue weighted by molar-refractivity contribution is -0.134. The Hall–Kier alpha value is -1.79. The van der Waals surface area contributed by atoms with Crippen molar-refractivity contribution in [3.63, 3.8) is 0 Å². The van der Waals surface area contributed by atoms with Crippen molar-refractivity contribution in [2.75, 3.05) is 40.5 Å². The summed E-state index contributed by atoms with van der Waals surface area (Å²) in [7, 11) is 3.29. The van der Waals surface area contributed by atoms with Crippen molar-refractivity contribution < 1.29 is 19.0 Å². The highest BCUT2D eigenvalue weighted by atomic mass is 16.5. The molecule has 3 rings (SSSR count). The number of amides is 1. The van der Waals surface area contributed by atoms with Gasteiger partial charge in [0.2, 0.25) is 5.91 Å². The van der Waals surface area contributed by atoms with E-state index in [9.17, 15) is 4.79 Å². The third kappa shape index (κ3) is 3.90. The van der Waals surface area contributed by atoms with E-state index in [0.29, 0.717) is 26.3 Å². The van der Waals surface area contributed by atoms with E-state index < -0.39 is 6.04 Å². The Morgan fingerprint density at radius 3 is 2.12 bits per heavy atom. The molecule has 2 aliphatic rings. The maximum absolute atomic E-state index is 12.9. The molecule has 0 aromatic heterocycles. The minimum atomic E-state index is -0.422. The van der Waals surface area contributed by atoms with Crippen LogP contribution in [0.15, 0.2) is 12.1 Å². The van der Waals surface area contributed by atoms with Gasteiger partial charge in [-0.15, -0.1) is 0 Å². The first-order valence-electron chi connectivity index (χ1n) is 9.00. The normalized spacial score (nSPS) is 19.7. The second-order valence-electron chi connectivity index (χ2n) is 6.78. The van der Waals surface area contributed by atoms with Crippen LogP contribution >= 0.6 is 0 Å². The van der Waals surface area contributed by atoms with Gasteiger partial charge in [0.1, 0.15) is 0 Å². The molecule has 1 amide bonds. The molecule has 1 aromatic rings. The van der Waals surface area contributed by atoms with Gasteiger partial charge in [0.05, 0.1) is 20.3 Å². The number of nitrogens with two attached hydrogens (primary N) is 1. The van der Waals surface area contributed by atoms with Crippen LogP contribution in [0.5, 0.6) is 11.5 Å². The molecule has 2 aliphatic heterocycles. The van der Waals surface area contributed by atoms with E-state index in [4.69, 9.17) is 19.9 Å². The van der Waals surface area contributed by atoms with Gasteiger partial charge in [-0.2, -0.15) is 0 Å². The SMILES string of the molecule is COc1cc2c(cc1OC)CCN(C(=O)C(N)C1CCOCC1)CC2. The first-order valence-corrected chi connectivity index (χ1v) is 9.00. The zero-order valence-corrected chi connectivity index (χ0v) is 15.1. The topological polar surface area (TPSA) is 74.0 Å². The highest BCUT2D eigenvalue weighted by Crippen LogP contribution is 2.32. The standard InChI is InChI=1S/C19H28N2O4/c1-23-16-11-14-3-7-21(8-4-15(14)12-17(16)24-2)19(22)18(20)13-5-9-25-10-6-13/h11-13,18H,3-10,20H2,1-2H3. The fraction of sp³-hybridized carbons (Fsp3) is 0.632. The third-order valence-corrected chi connectivity index (χ3v) is 5.38. The number of benzene rings is 1. The molecule has 1 saturated heterocycles. The number of hydrogen-bond donors (Lipinski definition) is 1. The van der Waals surface area contributed by atoms with Crippen LogP contribution in [0.3, 0.4) is 0 Å². The Kier molecular flexibility index (Phi) is 5.81. The van der Waals surface area contributed by atoms with E-state index in [2.05, 4.69) is 0 Å². The minimum absolute atomic E-state index is 0.0682. The predicted molar refractivity (Wildman–Crippen MR) is 95.1 cm³/mol. The van der Waals surface area contributed by atoms with Crippen molar-refractivity contribution >= 4 is 5.91 Å². The molecule has 0 spiro atoms. The van der Waals surface area contributed by atoms with E-state index in [0.717, 1.165) is 37.2 Å². The summed E-state index contributed by atoms with van der Waals surface area (Å²) in [6, 6.07) is 3.63. The summed E-state index contributed by atoms with van der Waals surface area (Å²) in [4.78, 5) is 14.8. The Balaban J connectivity index is 1.69. The number of carbonyl (C=O) groups is 1. The van der Waals surface area contributed by atoms with E-state index in [1.165, 1.54) is 11.1 Å². The van der Waals surface area contributed by atoms with Gasteiger partial charge in [-0.1, -0.05) is 0 Å². The number of carbonyl (C=O) groups excluding carboxylic acids is 1. The fourth-order valence-electron chi connectivity index (χ4n) is 3.76. The summed E-state index contributed by atoms with van der Waals surface area (Å²) in [5.41, 5.74) is 8.71. The lowest BCUT2D eigenvalue weighted by Crippen LogP contribution is -2.49. The Morgan fingerprint density at radius 2 is 1.64 bits per heavy atom. The summed E-state index contributed by atoms with van der Waals surface area (Å²) in [5.74, 6) is 1.77. The molecule has 0 bridgehead atoms. The summed E-state index contributed by atoms with van der Waals surface area (Å²) in [6.07, 6.45) is 3.36. The highest BCUT2D eigenvalue weighted by Gasteiger charge is 2.30. The van der Waals surface area contributed by atoms with Crippen molar-refractivity contribution in [2.45, 2.75) is 31.7 Å². The molecular formula is C19H28N2O4. The van der Waals surface area contributed by atoms with E-state index in [-0.39, 0.29) is 11.8 Å². The summed E-state index contributed by atoms with van der Waals surface area (Å²) in [5, 5.41) is 0. The molecule has 2 heterocycles. The highest BCUT2D eigenvalue weighted by molar-refractivity contribution is 5.82. The molecule has 6 heteroatoms. The van der Waals surface area contributed by atoms with Crippen LogP contribution < -0.4 is 15.2 Å². The van der Waals surface area contributed by atoms with Crippen molar-refractivity contribution in [3.05, 3.63) is 23.3 Å². The van der Waals surface area contributed by atoms with Crippen LogP contribution in [0.25, 0.3) is 0 Å². The monoisotopic (exact) mass is 348 g/mol. The van der Waals surface area contributed by atoms with Crippen LogP contribution in [-0.4, -0.2) is 57.4 Å². The molecule has 1 atom stereocenters. The summed E-state index contributed by atoms with van der Waals surface area (Å²) in [6.45, 7) is 2.80. The number of ether oxygens (including phenoxy) is 3. The Labute approximate surface area is 149 Å². The lowest BCUT2D eigenvalue weighted by atomic mass is 9.91. The second kappa shape index (κ2) is 8.06. The maximum atomic E-state index is 12.9. The molecule has 6 nitrogen and oxygen atoms in total. The van der Waals surface area contributed by atoms with Gasteiger partial charge < -0.3 is 24.8 Å². The molecule has 2 N–H and O–H groups in total. The molecule has 138 valence electrons. The van der Waals surface area contributed by atoms with Crippen LogP contribution in [-0.2, 0) is 22.4 Å².